The molecule has 0 bridgehead atoms. The van der Waals surface area contributed by atoms with Gasteiger partial charge in [-0.25, -0.2) is 9.67 Å². The number of likely N-dealkylation sites (N-methyl/N-ethyl adjacent to an activating group) is 1. The third-order valence-corrected chi connectivity index (χ3v) is 5.75. The first-order valence-electron chi connectivity index (χ1n) is 7.55. The zero-order valence-electron chi connectivity index (χ0n) is 13.3. The number of aryl methyl sites for hydroxylation is 2. The number of carbonyl (C=O) groups excluding carboxylic acids is 2. The zero-order valence-corrected chi connectivity index (χ0v) is 14.1. The lowest BCUT2D eigenvalue weighted by molar-refractivity contribution is -0.154. The van der Waals surface area contributed by atoms with Gasteiger partial charge in [0.2, 0.25) is 11.8 Å². The van der Waals surface area contributed by atoms with E-state index in [0.29, 0.717) is 19.6 Å². The minimum atomic E-state index is -0.402. The largest absolute Gasteiger partial charge is 0.344 e. The second-order valence-electron chi connectivity index (χ2n) is 6.10. The van der Waals surface area contributed by atoms with Gasteiger partial charge in [-0.15, -0.1) is 0 Å². The van der Waals surface area contributed by atoms with Crippen LogP contribution in [0.5, 0.6) is 0 Å². The van der Waals surface area contributed by atoms with Gasteiger partial charge in [-0.05, 0) is 6.92 Å². The number of thiazole rings is 1. The molecule has 122 valence electrons. The molecule has 2 aliphatic heterocycles. The number of nitrogens with zero attached hydrogens (tertiary/aromatic N) is 6. The summed E-state index contributed by atoms with van der Waals surface area (Å²) in [7, 11) is 3.57. The van der Waals surface area contributed by atoms with Crippen molar-refractivity contribution in [2.75, 3.05) is 38.1 Å². The minimum Gasteiger partial charge on any atom is -0.344 e. The third-order valence-electron chi connectivity index (χ3n) is 4.54. The number of rotatable bonds is 1. The van der Waals surface area contributed by atoms with Crippen LogP contribution in [0.1, 0.15) is 5.69 Å². The van der Waals surface area contributed by atoms with Gasteiger partial charge in [-0.3, -0.25) is 9.59 Å². The molecule has 2 aliphatic rings. The van der Waals surface area contributed by atoms with Gasteiger partial charge in [-0.1, -0.05) is 11.3 Å². The molecule has 2 aromatic rings. The predicted octanol–water partition coefficient (Wildman–Crippen LogP) is -0.173. The quantitative estimate of drug-likeness (QED) is 0.724. The summed E-state index contributed by atoms with van der Waals surface area (Å²) in [6, 6.07) is -0.402. The topological polar surface area (TPSA) is 74.6 Å². The Bertz CT molecular complexity index is 777. The lowest BCUT2D eigenvalue weighted by Gasteiger charge is -2.45. The van der Waals surface area contributed by atoms with Crippen LogP contribution in [0.25, 0.3) is 10.3 Å². The van der Waals surface area contributed by atoms with E-state index in [2.05, 4.69) is 15.0 Å². The predicted molar refractivity (Wildman–Crippen MR) is 86.5 cm³/mol. The first kappa shape index (κ1) is 14.4. The Balaban J connectivity index is 1.64. The summed E-state index contributed by atoms with van der Waals surface area (Å²) in [6.45, 7) is 3.92. The molecule has 4 rings (SSSR count). The van der Waals surface area contributed by atoms with Gasteiger partial charge in [0.1, 0.15) is 6.04 Å². The van der Waals surface area contributed by atoms with E-state index in [1.165, 1.54) is 4.90 Å². The number of fused-ring (bicyclic) bond motifs is 2. The molecular formula is C14H18N6O2S. The molecule has 0 spiro atoms. The second-order valence-corrected chi connectivity index (χ2v) is 7.08. The number of hydrogen-bond acceptors (Lipinski definition) is 6. The highest BCUT2D eigenvalue weighted by Crippen LogP contribution is 2.32. The monoisotopic (exact) mass is 334 g/mol. The summed E-state index contributed by atoms with van der Waals surface area (Å²) < 4.78 is 2.86. The number of piperazine rings is 2. The van der Waals surface area contributed by atoms with Gasteiger partial charge >= 0.3 is 0 Å². The Morgan fingerprint density at radius 1 is 1.22 bits per heavy atom. The highest BCUT2D eigenvalue weighted by atomic mass is 32.1. The fourth-order valence-corrected chi connectivity index (χ4v) is 4.37. The van der Waals surface area contributed by atoms with Crippen LogP contribution >= 0.6 is 11.3 Å². The van der Waals surface area contributed by atoms with Crippen LogP contribution in [0.4, 0.5) is 5.13 Å². The molecule has 4 heterocycles. The van der Waals surface area contributed by atoms with Gasteiger partial charge in [0, 0.05) is 33.7 Å². The Morgan fingerprint density at radius 2 is 2.00 bits per heavy atom. The Morgan fingerprint density at radius 3 is 2.74 bits per heavy atom. The van der Waals surface area contributed by atoms with Crippen LogP contribution in [0, 0.1) is 6.92 Å². The van der Waals surface area contributed by atoms with Gasteiger partial charge in [0.05, 0.1) is 16.9 Å². The summed E-state index contributed by atoms with van der Waals surface area (Å²) >= 11 is 1.60. The van der Waals surface area contributed by atoms with Crippen LogP contribution in [-0.4, -0.2) is 75.6 Å². The van der Waals surface area contributed by atoms with Crippen molar-refractivity contribution < 1.29 is 9.59 Å². The van der Waals surface area contributed by atoms with Crippen molar-refractivity contribution in [2.24, 2.45) is 7.05 Å². The van der Waals surface area contributed by atoms with Gasteiger partial charge < -0.3 is 14.7 Å². The van der Waals surface area contributed by atoms with E-state index in [1.807, 2.05) is 14.0 Å². The molecule has 0 aromatic carbocycles. The first-order valence-corrected chi connectivity index (χ1v) is 8.37. The van der Waals surface area contributed by atoms with Crippen molar-refractivity contribution in [3.63, 3.8) is 0 Å². The standard InChI is InChI=1S/C14H18N6O2S/c1-8-11-12(18(3)16-8)15-14(23-11)19-4-5-20-9(6-19)13(22)17(2)7-10(20)21/h9H,4-7H2,1-3H3/t9-/m0/s1. The molecule has 0 radical (unpaired) electrons. The molecule has 2 fully saturated rings. The summed E-state index contributed by atoms with van der Waals surface area (Å²) in [5.41, 5.74) is 1.83. The van der Waals surface area contributed by atoms with Crippen molar-refractivity contribution >= 4 is 38.6 Å². The maximum absolute atomic E-state index is 12.4. The van der Waals surface area contributed by atoms with Gasteiger partial charge in [0.25, 0.3) is 0 Å². The summed E-state index contributed by atoms with van der Waals surface area (Å²) in [6.07, 6.45) is 0. The van der Waals surface area contributed by atoms with Gasteiger partial charge in [-0.2, -0.15) is 5.10 Å². The van der Waals surface area contributed by atoms with Crippen LogP contribution in [0.3, 0.4) is 0 Å². The lowest BCUT2D eigenvalue weighted by Crippen LogP contribution is -2.66. The molecule has 0 aliphatic carbocycles. The van der Waals surface area contributed by atoms with Crippen LogP contribution in [0.15, 0.2) is 0 Å². The van der Waals surface area contributed by atoms with E-state index in [1.54, 1.807) is 28.0 Å². The third kappa shape index (κ3) is 2.10. The fourth-order valence-electron chi connectivity index (χ4n) is 3.30. The smallest absolute Gasteiger partial charge is 0.247 e. The van der Waals surface area contributed by atoms with E-state index >= 15 is 0 Å². The molecule has 0 unspecified atom stereocenters. The summed E-state index contributed by atoms with van der Waals surface area (Å²) in [4.78, 5) is 34.5. The number of carbonyl (C=O) groups is 2. The van der Waals surface area contributed by atoms with Crippen molar-refractivity contribution in [1.82, 2.24) is 24.6 Å². The van der Waals surface area contributed by atoms with Gasteiger partial charge in [0.15, 0.2) is 10.8 Å². The average Bonchev–Trinajstić information content (AvgIpc) is 3.07. The number of amides is 2. The second kappa shape index (κ2) is 4.92. The lowest BCUT2D eigenvalue weighted by atomic mass is 10.1. The van der Waals surface area contributed by atoms with Crippen molar-refractivity contribution in [3.05, 3.63) is 5.69 Å². The van der Waals surface area contributed by atoms with Crippen LogP contribution in [-0.2, 0) is 16.6 Å². The summed E-state index contributed by atoms with van der Waals surface area (Å²) in [5.74, 6) is 0.0364. The molecule has 2 aromatic heterocycles. The van der Waals surface area contributed by atoms with E-state index < -0.39 is 6.04 Å². The van der Waals surface area contributed by atoms with Crippen LogP contribution in [0.2, 0.25) is 0 Å². The Labute approximate surface area is 137 Å². The molecule has 23 heavy (non-hydrogen) atoms. The molecule has 0 saturated carbocycles. The fraction of sp³-hybridized carbons (Fsp3) is 0.571. The summed E-state index contributed by atoms with van der Waals surface area (Å²) in [5, 5.41) is 5.26. The molecule has 2 amide bonds. The van der Waals surface area contributed by atoms with Crippen LogP contribution < -0.4 is 4.90 Å². The Hall–Kier alpha value is -2.16. The molecular weight excluding hydrogens is 316 g/mol. The molecule has 2 saturated heterocycles. The minimum absolute atomic E-state index is 0.00765. The maximum atomic E-state index is 12.4. The van der Waals surface area contributed by atoms with Crippen molar-refractivity contribution in [1.29, 1.82) is 0 Å². The highest BCUT2D eigenvalue weighted by molar-refractivity contribution is 7.22. The molecule has 8 nitrogen and oxygen atoms in total. The number of hydrogen-bond donors (Lipinski definition) is 0. The molecule has 0 N–H and O–H groups in total. The van der Waals surface area contributed by atoms with E-state index in [0.717, 1.165) is 21.2 Å². The Kier molecular flexibility index (Phi) is 3.09. The van der Waals surface area contributed by atoms with Crippen molar-refractivity contribution in [3.8, 4) is 0 Å². The normalized spacial score (nSPS) is 22.2. The number of aromatic nitrogens is 3. The molecule has 1 atom stereocenters. The maximum Gasteiger partial charge on any atom is 0.247 e. The molecule has 9 heteroatoms. The first-order chi connectivity index (χ1) is 11.0. The van der Waals surface area contributed by atoms with E-state index in [9.17, 15) is 9.59 Å². The van der Waals surface area contributed by atoms with E-state index in [4.69, 9.17) is 0 Å². The number of anilines is 1. The SMILES string of the molecule is Cc1nn(C)c2nc(N3CCN4C(=O)CN(C)C(=O)[C@@H]4C3)sc12. The van der Waals surface area contributed by atoms with E-state index in [-0.39, 0.29) is 18.4 Å². The zero-order chi connectivity index (χ0) is 16.3. The highest BCUT2D eigenvalue weighted by Gasteiger charge is 2.41. The average molecular weight is 334 g/mol. The van der Waals surface area contributed by atoms with Crippen molar-refractivity contribution in [2.45, 2.75) is 13.0 Å².